The van der Waals surface area contributed by atoms with Crippen molar-refractivity contribution in [3.8, 4) is 17.2 Å². The Hall–Kier alpha value is -3.67. The predicted octanol–water partition coefficient (Wildman–Crippen LogP) is 5.20. The summed E-state index contributed by atoms with van der Waals surface area (Å²) >= 11 is 0. The van der Waals surface area contributed by atoms with Crippen LogP contribution in [0.25, 0.3) is 11.5 Å². The summed E-state index contributed by atoms with van der Waals surface area (Å²) < 4.78 is 25.3. The van der Waals surface area contributed by atoms with E-state index in [9.17, 15) is 4.39 Å². The van der Waals surface area contributed by atoms with Crippen LogP contribution in [0.3, 0.4) is 0 Å². The Labute approximate surface area is 155 Å². The Morgan fingerprint density at radius 3 is 2.44 bits per heavy atom. The lowest BCUT2D eigenvalue weighted by Gasteiger charge is -2.09. The lowest BCUT2D eigenvalue weighted by molar-refractivity contribution is 0.300. The third kappa shape index (κ3) is 3.95. The van der Waals surface area contributed by atoms with Crippen molar-refractivity contribution >= 4 is 11.7 Å². The number of ether oxygens (including phenoxy) is 1. The smallest absolute Gasteiger partial charge is 0.320 e. The molecule has 4 rings (SSSR count). The predicted molar refractivity (Wildman–Crippen MR) is 100 cm³/mol. The number of anilines is 2. The van der Waals surface area contributed by atoms with E-state index in [2.05, 4.69) is 15.5 Å². The van der Waals surface area contributed by atoms with Gasteiger partial charge in [0.2, 0.25) is 0 Å². The molecule has 0 aliphatic carbocycles. The van der Waals surface area contributed by atoms with Crippen LogP contribution in [-0.4, -0.2) is 10.2 Å². The average Bonchev–Trinajstić information content (AvgIpc) is 3.17. The summed E-state index contributed by atoms with van der Waals surface area (Å²) in [5, 5.41) is 11.1. The van der Waals surface area contributed by atoms with E-state index in [0.29, 0.717) is 22.8 Å². The molecular formula is C21H16FN3O2. The first-order valence-corrected chi connectivity index (χ1v) is 8.41. The summed E-state index contributed by atoms with van der Waals surface area (Å²) in [4.78, 5) is 0. The second-order valence-electron chi connectivity index (χ2n) is 5.78. The molecule has 0 saturated heterocycles. The summed E-state index contributed by atoms with van der Waals surface area (Å²) in [6, 6.07) is 23.6. The third-order valence-electron chi connectivity index (χ3n) is 3.91. The Balaban J connectivity index is 1.53. The van der Waals surface area contributed by atoms with Gasteiger partial charge in [0.15, 0.2) is 0 Å². The van der Waals surface area contributed by atoms with E-state index in [4.69, 9.17) is 9.15 Å². The zero-order chi connectivity index (χ0) is 18.5. The number of rotatable bonds is 6. The van der Waals surface area contributed by atoms with Crippen molar-refractivity contribution in [2.75, 3.05) is 5.32 Å². The SMILES string of the molecule is Fc1ccccc1COc1ccccc1-c1nnc(Nc2ccccc2)o1. The van der Waals surface area contributed by atoms with Crippen molar-refractivity contribution in [3.05, 3.63) is 90.2 Å². The molecule has 5 nitrogen and oxygen atoms in total. The fourth-order valence-electron chi connectivity index (χ4n) is 2.57. The quantitative estimate of drug-likeness (QED) is 0.512. The highest BCUT2D eigenvalue weighted by Gasteiger charge is 2.14. The van der Waals surface area contributed by atoms with Crippen LogP contribution >= 0.6 is 0 Å². The van der Waals surface area contributed by atoms with E-state index in [1.165, 1.54) is 6.07 Å². The number of halogens is 1. The number of hydrogen-bond donors (Lipinski definition) is 1. The molecule has 1 aromatic heterocycles. The maximum absolute atomic E-state index is 13.8. The van der Waals surface area contributed by atoms with Gasteiger partial charge in [-0.2, -0.15) is 0 Å². The molecule has 1 N–H and O–H groups in total. The van der Waals surface area contributed by atoms with Crippen LogP contribution < -0.4 is 10.1 Å². The monoisotopic (exact) mass is 361 g/mol. The largest absolute Gasteiger partial charge is 0.488 e. The summed E-state index contributed by atoms with van der Waals surface area (Å²) in [6.07, 6.45) is 0. The molecule has 0 aliphatic rings. The van der Waals surface area contributed by atoms with Crippen LogP contribution in [0.4, 0.5) is 16.1 Å². The molecule has 0 bridgehead atoms. The minimum Gasteiger partial charge on any atom is -0.488 e. The maximum atomic E-state index is 13.8. The Morgan fingerprint density at radius 2 is 1.59 bits per heavy atom. The van der Waals surface area contributed by atoms with E-state index < -0.39 is 0 Å². The van der Waals surface area contributed by atoms with E-state index in [1.54, 1.807) is 24.3 Å². The standard InChI is InChI=1S/C21H16FN3O2/c22-18-12-6-4-8-15(18)14-26-19-13-7-5-11-17(19)20-24-25-21(27-20)23-16-9-2-1-3-10-16/h1-13H,14H2,(H,23,25). The highest BCUT2D eigenvalue weighted by molar-refractivity contribution is 5.63. The van der Waals surface area contributed by atoms with Crippen molar-refractivity contribution < 1.29 is 13.5 Å². The van der Waals surface area contributed by atoms with Gasteiger partial charge in [0.1, 0.15) is 18.2 Å². The molecule has 6 heteroatoms. The molecule has 134 valence electrons. The van der Waals surface area contributed by atoms with E-state index in [1.807, 2.05) is 48.5 Å². The molecule has 0 saturated carbocycles. The van der Waals surface area contributed by atoms with Crippen molar-refractivity contribution in [1.29, 1.82) is 0 Å². The zero-order valence-electron chi connectivity index (χ0n) is 14.3. The van der Waals surface area contributed by atoms with Crippen molar-refractivity contribution in [2.24, 2.45) is 0 Å². The highest BCUT2D eigenvalue weighted by atomic mass is 19.1. The Bertz CT molecular complexity index is 1030. The molecule has 0 radical (unpaired) electrons. The minimum atomic E-state index is -0.304. The number of nitrogens with one attached hydrogen (secondary N) is 1. The van der Waals surface area contributed by atoms with Crippen LogP contribution in [0.2, 0.25) is 0 Å². The van der Waals surface area contributed by atoms with Gasteiger partial charge < -0.3 is 14.5 Å². The highest BCUT2D eigenvalue weighted by Crippen LogP contribution is 2.31. The van der Waals surface area contributed by atoms with Gasteiger partial charge in [-0.05, 0) is 30.3 Å². The fourth-order valence-corrected chi connectivity index (χ4v) is 2.57. The summed E-state index contributed by atoms with van der Waals surface area (Å²) in [7, 11) is 0. The molecule has 1 heterocycles. The summed E-state index contributed by atoms with van der Waals surface area (Å²) in [5.74, 6) is 0.551. The van der Waals surface area contributed by atoms with Crippen LogP contribution in [0.1, 0.15) is 5.56 Å². The summed E-state index contributed by atoms with van der Waals surface area (Å²) in [6.45, 7) is 0.104. The molecule has 27 heavy (non-hydrogen) atoms. The molecule has 3 aromatic carbocycles. The van der Waals surface area contributed by atoms with Crippen LogP contribution in [0, 0.1) is 5.82 Å². The first-order valence-electron chi connectivity index (χ1n) is 8.41. The number of benzene rings is 3. The first-order chi connectivity index (χ1) is 13.3. The second kappa shape index (κ2) is 7.70. The normalized spacial score (nSPS) is 10.6. The molecule has 0 amide bonds. The Kier molecular flexibility index (Phi) is 4.78. The lowest BCUT2D eigenvalue weighted by Crippen LogP contribution is -1.99. The van der Waals surface area contributed by atoms with Gasteiger partial charge in [-0.1, -0.05) is 53.6 Å². The molecule has 0 spiro atoms. The second-order valence-corrected chi connectivity index (χ2v) is 5.78. The van der Waals surface area contributed by atoms with Gasteiger partial charge >= 0.3 is 6.01 Å². The van der Waals surface area contributed by atoms with Gasteiger partial charge in [0.05, 0.1) is 5.56 Å². The van der Waals surface area contributed by atoms with Crippen LogP contribution in [-0.2, 0) is 6.61 Å². The van der Waals surface area contributed by atoms with E-state index in [-0.39, 0.29) is 18.4 Å². The minimum absolute atomic E-state index is 0.104. The van der Waals surface area contributed by atoms with Gasteiger partial charge in [-0.25, -0.2) is 4.39 Å². The lowest BCUT2D eigenvalue weighted by atomic mass is 10.2. The van der Waals surface area contributed by atoms with E-state index in [0.717, 1.165) is 5.69 Å². The molecule has 0 aliphatic heterocycles. The van der Waals surface area contributed by atoms with Gasteiger partial charge in [0, 0.05) is 11.3 Å². The van der Waals surface area contributed by atoms with Gasteiger partial charge in [-0.15, -0.1) is 5.10 Å². The maximum Gasteiger partial charge on any atom is 0.320 e. The topological polar surface area (TPSA) is 60.2 Å². The molecule has 0 atom stereocenters. The zero-order valence-corrected chi connectivity index (χ0v) is 14.3. The van der Waals surface area contributed by atoms with Crippen LogP contribution in [0.5, 0.6) is 5.75 Å². The summed E-state index contributed by atoms with van der Waals surface area (Å²) in [5.41, 5.74) is 1.96. The van der Waals surface area contributed by atoms with Gasteiger partial charge in [0.25, 0.3) is 5.89 Å². The average molecular weight is 361 g/mol. The number of hydrogen-bond acceptors (Lipinski definition) is 5. The van der Waals surface area contributed by atoms with Crippen molar-refractivity contribution in [3.63, 3.8) is 0 Å². The van der Waals surface area contributed by atoms with Crippen molar-refractivity contribution in [1.82, 2.24) is 10.2 Å². The number of aromatic nitrogens is 2. The molecule has 4 aromatic rings. The third-order valence-corrected chi connectivity index (χ3v) is 3.91. The molecular weight excluding hydrogens is 345 g/mol. The number of nitrogens with zero attached hydrogens (tertiary/aromatic N) is 2. The van der Waals surface area contributed by atoms with Gasteiger partial charge in [-0.3, -0.25) is 0 Å². The number of para-hydroxylation sites is 2. The first kappa shape index (κ1) is 16.8. The Morgan fingerprint density at radius 1 is 0.852 bits per heavy atom. The van der Waals surface area contributed by atoms with Crippen molar-refractivity contribution in [2.45, 2.75) is 6.61 Å². The van der Waals surface area contributed by atoms with E-state index >= 15 is 0 Å². The molecule has 0 unspecified atom stereocenters. The molecule has 0 fully saturated rings. The van der Waals surface area contributed by atoms with Crippen LogP contribution in [0.15, 0.2) is 83.3 Å². The fraction of sp³-hybridized carbons (Fsp3) is 0.0476.